The fraction of sp³-hybridized carbons (Fsp3) is 0.273. The molecule has 0 bridgehead atoms. The summed E-state index contributed by atoms with van der Waals surface area (Å²) >= 11 is 0. The number of rotatable bonds is 10. The molecule has 4 aromatic carbocycles. The van der Waals surface area contributed by atoms with Crippen LogP contribution in [0.1, 0.15) is 36.1 Å². The molecule has 0 N–H and O–H groups in total. The molecule has 37 heavy (non-hydrogen) atoms. The maximum absolute atomic E-state index is 6.07. The van der Waals surface area contributed by atoms with Crippen molar-refractivity contribution in [3.05, 3.63) is 119 Å². The quantitative estimate of drug-likeness (QED) is 0.212. The van der Waals surface area contributed by atoms with E-state index < -0.39 is 5.41 Å². The highest BCUT2D eigenvalue weighted by Gasteiger charge is 2.45. The highest BCUT2D eigenvalue weighted by molar-refractivity contribution is 5.86. The van der Waals surface area contributed by atoms with Crippen LogP contribution in [0, 0.1) is 0 Å². The molecule has 0 amide bonds. The van der Waals surface area contributed by atoms with Crippen LogP contribution < -0.4 is 9.47 Å². The standard InChI is InChI=1S/C33H34O4/c1-23(35-4)22-36-27-17-13-25(14-18-27)33(26-15-19-28(20-16-26)37-24(2)21-34-3)31-11-7-5-9-29(31)30-10-6-8-12-32(30)33/h5-20,23-24H,21-22H2,1-4H3. The first-order chi connectivity index (χ1) is 18.1. The third kappa shape index (κ3) is 4.63. The predicted octanol–water partition coefficient (Wildman–Crippen LogP) is 6.88. The molecule has 0 fully saturated rings. The molecule has 0 spiro atoms. The second-order valence-electron chi connectivity index (χ2n) is 9.63. The number of fused-ring (bicyclic) bond motifs is 3. The molecule has 0 saturated heterocycles. The first-order valence-electron chi connectivity index (χ1n) is 12.8. The van der Waals surface area contributed by atoms with Crippen LogP contribution in [0.15, 0.2) is 97.1 Å². The Bertz CT molecular complexity index is 1280. The van der Waals surface area contributed by atoms with Gasteiger partial charge in [0.15, 0.2) is 0 Å². The molecule has 4 aromatic rings. The Hall–Kier alpha value is -3.60. The zero-order chi connectivity index (χ0) is 25.8. The molecular weight excluding hydrogens is 460 g/mol. The molecule has 0 heterocycles. The summed E-state index contributed by atoms with van der Waals surface area (Å²) in [6, 6.07) is 34.5. The fourth-order valence-corrected chi connectivity index (χ4v) is 5.39. The summed E-state index contributed by atoms with van der Waals surface area (Å²) in [7, 11) is 3.39. The smallest absolute Gasteiger partial charge is 0.119 e. The van der Waals surface area contributed by atoms with Gasteiger partial charge in [0.1, 0.15) is 24.2 Å². The molecule has 4 nitrogen and oxygen atoms in total. The average Bonchev–Trinajstić information content (AvgIpc) is 3.24. The molecule has 0 aliphatic heterocycles. The highest BCUT2D eigenvalue weighted by atomic mass is 16.5. The van der Waals surface area contributed by atoms with Crippen molar-refractivity contribution >= 4 is 0 Å². The number of hydrogen-bond acceptors (Lipinski definition) is 4. The van der Waals surface area contributed by atoms with E-state index in [-0.39, 0.29) is 12.2 Å². The average molecular weight is 495 g/mol. The topological polar surface area (TPSA) is 36.9 Å². The van der Waals surface area contributed by atoms with Gasteiger partial charge >= 0.3 is 0 Å². The van der Waals surface area contributed by atoms with E-state index in [1.807, 2.05) is 13.8 Å². The van der Waals surface area contributed by atoms with Gasteiger partial charge in [0.05, 0.1) is 18.1 Å². The van der Waals surface area contributed by atoms with Crippen molar-refractivity contribution in [3.8, 4) is 22.6 Å². The zero-order valence-electron chi connectivity index (χ0n) is 21.9. The van der Waals surface area contributed by atoms with Crippen LogP contribution in [0.25, 0.3) is 11.1 Å². The molecule has 1 aliphatic rings. The summed E-state index contributed by atoms with van der Waals surface area (Å²) in [5.41, 5.74) is 7.01. The van der Waals surface area contributed by atoms with E-state index >= 15 is 0 Å². The minimum Gasteiger partial charge on any atom is -0.491 e. The third-order valence-electron chi connectivity index (χ3n) is 7.15. The van der Waals surface area contributed by atoms with Crippen LogP contribution in [0.2, 0.25) is 0 Å². The van der Waals surface area contributed by atoms with Crippen LogP contribution in [-0.2, 0) is 14.9 Å². The summed E-state index contributed by atoms with van der Waals surface area (Å²) in [6.07, 6.45) is 0.0121. The minimum atomic E-state index is -0.456. The third-order valence-corrected chi connectivity index (χ3v) is 7.15. The SMILES string of the molecule is COCC(C)Oc1ccc(C2(c3ccc(OCC(C)OC)cc3)c3ccccc3-c3ccccc32)cc1. The summed E-state index contributed by atoms with van der Waals surface area (Å²) < 4.78 is 22.6. The van der Waals surface area contributed by atoms with Gasteiger partial charge in [-0.2, -0.15) is 0 Å². The maximum atomic E-state index is 6.07. The fourth-order valence-electron chi connectivity index (χ4n) is 5.39. The second-order valence-corrected chi connectivity index (χ2v) is 9.63. The van der Waals surface area contributed by atoms with Crippen molar-refractivity contribution in [1.82, 2.24) is 0 Å². The first kappa shape index (κ1) is 25.1. The maximum Gasteiger partial charge on any atom is 0.119 e. The molecule has 4 heteroatoms. The Kier molecular flexibility index (Phi) is 7.31. The largest absolute Gasteiger partial charge is 0.491 e. The van der Waals surface area contributed by atoms with E-state index in [1.54, 1.807) is 14.2 Å². The lowest BCUT2D eigenvalue weighted by Gasteiger charge is -2.34. The van der Waals surface area contributed by atoms with Crippen molar-refractivity contribution < 1.29 is 18.9 Å². The van der Waals surface area contributed by atoms with Crippen LogP contribution in [0.3, 0.4) is 0 Å². The van der Waals surface area contributed by atoms with Crippen molar-refractivity contribution in [2.45, 2.75) is 31.5 Å². The van der Waals surface area contributed by atoms with E-state index in [0.717, 1.165) is 11.5 Å². The van der Waals surface area contributed by atoms with Gasteiger partial charge in [-0.3, -0.25) is 0 Å². The Morgan fingerprint density at radius 1 is 0.595 bits per heavy atom. The van der Waals surface area contributed by atoms with E-state index in [1.165, 1.54) is 33.4 Å². The minimum absolute atomic E-state index is 0.0221. The molecule has 0 radical (unpaired) electrons. The summed E-state index contributed by atoms with van der Waals surface area (Å²) in [6.45, 7) is 5.07. The van der Waals surface area contributed by atoms with Gasteiger partial charge in [-0.05, 0) is 71.5 Å². The monoisotopic (exact) mass is 494 g/mol. The normalized spacial score (nSPS) is 14.9. The van der Waals surface area contributed by atoms with Gasteiger partial charge < -0.3 is 18.9 Å². The van der Waals surface area contributed by atoms with Gasteiger partial charge in [0.25, 0.3) is 0 Å². The van der Waals surface area contributed by atoms with E-state index in [2.05, 4.69) is 97.1 Å². The predicted molar refractivity (Wildman–Crippen MR) is 148 cm³/mol. The van der Waals surface area contributed by atoms with Gasteiger partial charge in [-0.15, -0.1) is 0 Å². The summed E-state index contributed by atoms with van der Waals surface area (Å²) in [5.74, 6) is 1.66. The van der Waals surface area contributed by atoms with E-state index in [4.69, 9.17) is 18.9 Å². The Labute approximate surface area is 219 Å². The lowest BCUT2D eigenvalue weighted by atomic mass is 9.68. The van der Waals surface area contributed by atoms with Crippen LogP contribution in [0.4, 0.5) is 0 Å². The summed E-state index contributed by atoms with van der Waals surface area (Å²) in [5, 5.41) is 0. The number of benzene rings is 4. The highest BCUT2D eigenvalue weighted by Crippen LogP contribution is 2.56. The second kappa shape index (κ2) is 10.8. The molecule has 0 aromatic heterocycles. The molecule has 2 unspecified atom stereocenters. The molecule has 190 valence electrons. The first-order valence-corrected chi connectivity index (χ1v) is 12.8. The van der Waals surface area contributed by atoms with Crippen LogP contribution in [0.5, 0.6) is 11.5 Å². The van der Waals surface area contributed by atoms with Crippen molar-refractivity contribution in [2.75, 3.05) is 27.4 Å². The number of hydrogen-bond donors (Lipinski definition) is 0. The van der Waals surface area contributed by atoms with Crippen molar-refractivity contribution in [1.29, 1.82) is 0 Å². The van der Waals surface area contributed by atoms with Crippen LogP contribution >= 0.6 is 0 Å². The Balaban J connectivity index is 1.63. The van der Waals surface area contributed by atoms with Crippen molar-refractivity contribution in [3.63, 3.8) is 0 Å². The molecule has 1 aliphatic carbocycles. The number of methoxy groups -OCH3 is 2. The molecular formula is C33H34O4. The molecule has 2 atom stereocenters. The van der Waals surface area contributed by atoms with Gasteiger partial charge in [-0.25, -0.2) is 0 Å². The lowest BCUT2D eigenvalue weighted by Crippen LogP contribution is -2.28. The van der Waals surface area contributed by atoms with Gasteiger partial charge in [0, 0.05) is 14.2 Å². The Morgan fingerprint density at radius 3 is 1.62 bits per heavy atom. The van der Waals surface area contributed by atoms with E-state index in [0.29, 0.717) is 13.2 Å². The molecule has 5 rings (SSSR count). The zero-order valence-corrected chi connectivity index (χ0v) is 21.9. The molecule has 0 saturated carbocycles. The van der Waals surface area contributed by atoms with E-state index in [9.17, 15) is 0 Å². The van der Waals surface area contributed by atoms with Crippen LogP contribution in [-0.4, -0.2) is 39.6 Å². The summed E-state index contributed by atoms with van der Waals surface area (Å²) in [4.78, 5) is 0. The van der Waals surface area contributed by atoms with Gasteiger partial charge in [0.2, 0.25) is 0 Å². The lowest BCUT2D eigenvalue weighted by molar-refractivity contribution is 0.0716. The Morgan fingerprint density at radius 2 is 1.11 bits per heavy atom. The number of ether oxygens (including phenoxy) is 4. The van der Waals surface area contributed by atoms with Gasteiger partial charge in [-0.1, -0.05) is 72.8 Å². The van der Waals surface area contributed by atoms with Crippen molar-refractivity contribution in [2.24, 2.45) is 0 Å².